The van der Waals surface area contributed by atoms with E-state index < -0.39 is 0 Å². The fourth-order valence-corrected chi connectivity index (χ4v) is 1.38. The third-order valence-corrected chi connectivity index (χ3v) is 2.01. The van der Waals surface area contributed by atoms with Gasteiger partial charge in [0.2, 0.25) is 0 Å². The zero-order chi connectivity index (χ0) is 9.10. The minimum Gasteiger partial charge on any atom is -0.290 e. The number of fused-ring (bicyclic) bond motifs is 1. The van der Waals surface area contributed by atoms with Crippen LogP contribution in [0.25, 0.3) is 10.9 Å². The SMILES string of the molecule is O=NSNc1n[nH]c2ccccc12. The van der Waals surface area contributed by atoms with Crippen molar-refractivity contribution in [1.82, 2.24) is 10.2 Å². The van der Waals surface area contributed by atoms with Gasteiger partial charge in [-0.15, -0.1) is 4.91 Å². The van der Waals surface area contributed by atoms with E-state index in [1.54, 1.807) is 0 Å². The van der Waals surface area contributed by atoms with Crippen molar-refractivity contribution in [1.29, 1.82) is 0 Å². The number of anilines is 1. The van der Waals surface area contributed by atoms with Gasteiger partial charge < -0.3 is 0 Å². The molecule has 0 saturated carbocycles. The normalized spacial score (nSPS) is 10.2. The number of nitrogens with one attached hydrogen (secondary N) is 2. The van der Waals surface area contributed by atoms with Gasteiger partial charge in [0.15, 0.2) is 5.82 Å². The van der Waals surface area contributed by atoms with Crippen molar-refractivity contribution in [3.63, 3.8) is 0 Å². The average Bonchev–Trinajstić information content (AvgIpc) is 2.58. The van der Waals surface area contributed by atoms with E-state index >= 15 is 0 Å². The van der Waals surface area contributed by atoms with E-state index in [2.05, 4.69) is 19.5 Å². The molecular weight excluding hydrogens is 188 g/mol. The number of H-pyrrole nitrogens is 1. The Labute approximate surface area is 78.1 Å². The largest absolute Gasteiger partial charge is 0.290 e. The lowest BCUT2D eigenvalue weighted by Gasteiger charge is -1.93. The third-order valence-electron chi connectivity index (χ3n) is 1.65. The predicted octanol–water partition coefficient (Wildman–Crippen LogP) is 2.30. The minimum atomic E-state index is 0.625. The summed E-state index contributed by atoms with van der Waals surface area (Å²) in [4.78, 5) is 9.85. The molecule has 0 radical (unpaired) electrons. The molecule has 2 N–H and O–H groups in total. The maximum Gasteiger partial charge on any atom is 0.167 e. The minimum absolute atomic E-state index is 0.625. The maximum absolute atomic E-state index is 9.85. The van der Waals surface area contributed by atoms with Crippen LogP contribution >= 0.6 is 12.1 Å². The Morgan fingerprint density at radius 2 is 2.31 bits per heavy atom. The van der Waals surface area contributed by atoms with Crippen LogP contribution in [0.3, 0.4) is 0 Å². The predicted molar refractivity (Wildman–Crippen MR) is 53.1 cm³/mol. The standard InChI is InChI=1S/C7H6N4OS/c12-11-13-10-7-5-3-1-2-4-6(5)8-9-7/h1-4H,(H2,8,9,10). The highest BCUT2D eigenvalue weighted by Crippen LogP contribution is 2.21. The van der Waals surface area contributed by atoms with Crippen LogP contribution in [-0.2, 0) is 0 Å². The van der Waals surface area contributed by atoms with Gasteiger partial charge in [-0.1, -0.05) is 12.1 Å². The van der Waals surface area contributed by atoms with Crippen molar-refractivity contribution in [2.45, 2.75) is 0 Å². The summed E-state index contributed by atoms with van der Waals surface area (Å²) in [6, 6.07) is 7.64. The van der Waals surface area contributed by atoms with E-state index in [0.29, 0.717) is 5.82 Å². The first-order valence-corrected chi connectivity index (χ1v) is 4.37. The molecule has 0 amide bonds. The molecule has 1 heterocycles. The van der Waals surface area contributed by atoms with Crippen LogP contribution in [0.5, 0.6) is 0 Å². The molecule has 1 aromatic heterocycles. The summed E-state index contributed by atoms with van der Waals surface area (Å²) < 4.78 is 5.33. The number of aromatic amines is 1. The molecule has 0 atom stereocenters. The Morgan fingerprint density at radius 1 is 1.46 bits per heavy atom. The smallest absolute Gasteiger partial charge is 0.167 e. The summed E-state index contributed by atoms with van der Waals surface area (Å²) >= 11 is 0.718. The van der Waals surface area contributed by atoms with Crippen LogP contribution in [0, 0.1) is 4.91 Å². The lowest BCUT2D eigenvalue weighted by Crippen LogP contribution is -1.83. The van der Waals surface area contributed by atoms with E-state index in [1.165, 1.54) is 0 Å². The number of aromatic nitrogens is 2. The highest BCUT2D eigenvalue weighted by atomic mass is 32.2. The first-order valence-electron chi connectivity index (χ1n) is 3.59. The van der Waals surface area contributed by atoms with Crippen molar-refractivity contribution < 1.29 is 0 Å². The lowest BCUT2D eigenvalue weighted by molar-refractivity contribution is 1.13. The van der Waals surface area contributed by atoms with Gasteiger partial charge in [0.1, 0.15) is 12.1 Å². The summed E-state index contributed by atoms with van der Waals surface area (Å²) in [5.74, 6) is 0.625. The molecule has 6 heteroatoms. The van der Waals surface area contributed by atoms with E-state index in [9.17, 15) is 4.91 Å². The number of nitroso groups, excluding NO2 is 1. The zero-order valence-corrected chi connectivity index (χ0v) is 7.34. The third kappa shape index (κ3) is 1.48. The Kier molecular flexibility index (Phi) is 2.13. The number of hydrogen-bond donors (Lipinski definition) is 2. The molecule has 0 spiro atoms. The molecule has 13 heavy (non-hydrogen) atoms. The molecule has 1 aromatic carbocycles. The number of nitrogens with zero attached hydrogens (tertiary/aromatic N) is 2. The molecule has 0 aliphatic carbocycles. The highest BCUT2D eigenvalue weighted by Gasteiger charge is 2.03. The fourth-order valence-electron chi connectivity index (χ4n) is 1.10. The summed E-state index contributed by atoms with van der Waals surface area (Å²) in [6.45, 7) is 0. The van der Waals surface area contributed by atoms with Crippen molar-refractivity contribution in [3.8, 4) is 0 Å². The van der Waals surface area contributed by atoms with E-state index in [0.717, 1.165) is 23.0 Å². The van der Waals surface area contributed by atoms with Gasteiger partial charge in [0.05, 0.1) is 5.52 Å². The number of para-hydroxylation sites is 1. The van der Waals surface area contributed by atoms with Gasteiger partial charge in [-0.25, -0.2) is 0 Å². The zero-order valence-electron chi connectivity index (χ0n) is 6.52. The summed E-state index contributed by atoms with van der Waals surface area (Å²) in [7, 11) is 0. The molecule has 66 valence electrons. The molecule has 0 aliphatic heterocycles. The van der Waals surface area contributed by atoms with Gasteiger partial charge in [-0.3, -0.25) is 9.82 Å². The van der Waals surface area contributed by atoms with Crippen LogP contribution in [-0.4, -0.2) is 10.2 Å². The Morgan fingerprint density at radius 3 is 3.15 bits per heavy atom. The van der Waals surface area contributed by atoms with Crippen LogP contribution in [0.1, 0.15) is 0 Å². The van der Waals surface area contributed by atoms with Gasteiger partial charge in [0.25, 0.3) is 0 Å². The van der Waals surface area contributed by atoms with Gasteiger partial charge in [-0.05, 0) is 12.1 Å². The summed E-state index contributed by atoms with van der Waals surface area (Å²) in [6.07, 6.45) is 0. The van der Waals surface area contributed by atoms with Crippen molar-refractivity contribution >= 4 is 28.9 Å². The molecule has 0 aliphatic rings. The summed E-state index contributed by atoms with van der Waals surface area (Å²) in [5.41, 5.74) is 0.927. The van der Waals surface area contributed by atoms with E-state index in [4.69, 9.17) is 0 Å². The van der Waals surface area contributed by atoms with Gasteiger partial charge >= 0.3 is 0 Å². The number of rotatable bonds is 3. The first kappa shape index (κ1) is 8.06. The number of hydrogen-bond acceptors (Lipinski definition) is 5. The number of benzene rings is 1. The van der Waals surface area contributed by atoms with Crippen LogP contribution in [0.15, 0.2) is 28.8 Å². The monoisotopic (exact) mass is 194 g/mol. The van der Waals surface area contributed by atoms with E-state index in [-0.39, 0.29) is 0 Å². The second-order valence-corrected chi connectivity index (χ2v) is 2.92. The Balaban J connectivity index is 2.40. The molecule has 0 fully saturated rings. The van der Waals surface area contributed by atoms with Gasteiger partial charge in [-0.2, -0.15) is 5.10 Å². The summed E-state index contributed by atoms with van der Waals surface area (Å²) in [5, 5.41) is 7.75. The van der Waals surface area contributed by atoms with Crippen molar-refractivity contribution in [3.05, 3.63) is 29.2 Å². The highest BCUT2D eigenvalue weighted by molar-refractivity contribution is 7.99. The Bertz CT molecular complexity index is 427. The molecule has 0 unspecified atom stereocenters. The molecule has 5 nitrogen and oxygen atoms in total. The fraction of sp³-hybridized carbons (Fsp3) is 0. The Hall–Kier alpha value is -1.56. The second-order valence-electron chi connectivity index (χ2n) is 2.39. The molecule has 2 aromatic rings. The van der Waals surface area contributed by atoms with Crippen LogP contribution in [0.2, 0.25) is 0 Å². The quantitative estimate of drug-likeness (QED) is 0.581. The molecule has 0 bridgehead atoms. The topological polar surface area (TPSA) is 70.1 Å². The maximum atomic E-state index is 9.85. The van der Waals surface area contributed by atoms with Gasteiger partial charge in [0, 0.05) is 9.97 Å². The molecule has 2 rings (SSSR count). The average molecular weight is 194 g/mol. The second kappa shape index (κ2) is 3.44. The van der Waals surface area contributed by atoms with E-state index in [1.807, 2.05) is 24.3 Å². The van der Waals surface area contributed by atoms with Crippen LogP contribution < -0.4 is 4.72 Å². The van der Waals surface area contributed by atoms with Crippen molar-refractivity contribution in [2.75, 3.05) is 4.72 Å². The molecule has 0 saturated heterocycles. The molecular formula is C7H6N4OS. The lowest BCUT2D eigenvalue weighted by atomic mass is 10.2. The van der Waals surface area contributed by atoms with Crippen molar-refractivity contribution in [2.24, 2.45) is 4.58 Å². The van der Waals surface area contributed by atoms with Crippen LogP contribution in [0.4, 0.5) is 5.82 Å². The first-order chi connectivity index (χ1) is 6.42.